The molecule has 100 valence electrons. The molecule has 5 nitrogen and oxygen atoms in total. The van der Waals surface area contributed by atoms with Crippen LogP contribution in [0, 0.1) is 5.92 Å². The lowest BCUT2D eigenvalue weighted by molar-refractivity contribution is 0.0721. The van der Waals surface area contributed by atoms with Gasteiger partial charge in [-0.1, -0.05) is 13.8 Å². The van der Waals surface area contributed by atoms with Crippen LogP contribution in [0.4, 0.5) is 5.82 Å². The Hall–Kier alpha value is -1.65. The number of nitrogens with zero attached hydrogens (tertiary/aromatic N) is 3. The fourth-order valence-corrected chi connectivity index (χ4v) is 1.80. The fraction of sp³-hybridized carbons (Fsp3) is 0.615. The molecular formula is C13H22N4O. The zero-order valence-electron chi connectivity index (χ0n) is 11.8. The predicted molar refractivity (Wildman–Crippen MR) is 72.6 cm³/mol. The van der Waals surface area contributed by atoms with Crippen LogP contribution in [0.3, 0.4) is 0 Å². The molecule has 0 saturated carbocycles. The molecule has 1 unspecified atom stereocenters. The minimum absolute atomic E-state index is 0.0849. The van der Waals surface area contributed by atoms with Crippen molar-refractivity contribution in [2.45, 2.75) is 33.2 Å². The summed E-state index contributed by atoms with van der Waals surface area (Å²) in [5, 5.41) is 10.7. The molecule has 0 radical (unpaired) electrons. The molecule has 0 spiro atoms. The number of carbonyl (C=O) groups is 1. The van der Waals surface area contributed by atoms with Gasteiger partial charge in [-0.25, -0.2) is 0 Å². The van der Waals surface area contributed by atoms with Crippen LogP contribution in [0.25, 0.3) is 0 Å². The highest BCUT2D eigenvalue weighted by Crippen LogP contribution is 2.12. The van der Waals surface area contributed by atoms with Gasteiger partial charge in [0.2, 0.25) is 0 Å². The average Bonchev–Trinajstić information content (AvgIpc) is 2.36. The first-order chi connectivity index (χ1) is 8.45. The Kier molecular flexibility index (Phi) is 5.07. The summed E-state index contributed by atoms with van der Waals surface area (Å²) in [6.07, 6.45) is 0.976. The van der Waals surface area contributed by atoms with E-state index in [9.17, 15) is 4.79 Å². The standard InChI is InChI=1S/C13H22N4O/c1-9(2)8-10(3)17(5)13(18)11-6-7-12(14-4)16-15-11/h6-7,9-10H,8H2,1-5H3,(H,14,16). The molecule has 18 heavy (non-hydrogen) atoms. The van der Waals surface area contributed by atoms with E-state index < -0.39 is 0 Å². The Morgan fingerprint density at radius 2 is 2.00 bits per heavy atom. The van der Waals surface area contributed by atoms with Crippen molar-refractivity contribution in [2.75, 3.05) is 19.4 Å². The van der Waals surface area contributed by atoms with Gasteiger partial charge in [0, 0.05) is 20.1 Å². The van der Waals surface area contributed by atoms with Gasteiger partial charge in [0.05, 0.1) is 0 Å². The Morgan fingerprint density at radius 3 is 2.44 bits per heavy atom. The van der Waals surface area contributed by atoms with Crippen LogP contribution in [-0.2, 0) is 0 Å². The zero-order valence-corrected chi connectivity index (χ0v) is 11.8. The monoisotopic (exact) mass is 250 g/mol. The number of rotatable bonds is 5. The van der Waals surface area contributed by atoms with Crippen molar-refractivity contribution in [3.05, 3.63) is 17.8 Å². The first kappa shape index (κ1) is 14.4. The van der Waals surface area contributed by atoms with Gasteiger partial charge in [-0.15, -0.1) is 10.2 Å². The highest BCUT2D eigenvalue weighted by Gasteiger charge is 2.19. The Bertz CT molecular complexity index is 388. The molecule has 1 N–H and O–H groups in total. The number of nitrogens with one attached hydrogen (secondary N) is 1. The van der Waals surface area contributed by atoms with Gasteiger partial charge < -0.3 is 10.2 Å². The molecule has 5 heteroatoms. The predicted octanol–water partition coefficient (Wildman–Crippen LogP) is 2.02. The van der Waals surface area contributed by atoms with E-state index in [-0.39, 0.29) is 11.9 Å². The minimum atomic E-state index is -0.0849. The molecule has 1 aromatic heterocycles. The van der Waals surface area contributed by atoms with Crippen molar-refractivity contribution in [2.24, 2.45) is 5.92 Å². The molecule has 1 heterocycles. The van der Waals surface area contributed by atoms with Crippen LogP contribution < -0.4 is 5.32 Å². The van der Waals surface area contributed by atoms with Crippen LogP contribution in [0.1, 0.15) is 37.7 Å². The minimum Gasteiger partial charge on any atom is -0.372 e. The third-order valence-corrected chi connectivity index (χ3v) is 2.93. The molecule has 0 bridgehead atoms. The van der Waals surface area contributed by atoms with Gasteiger partial charge in [-0.05, 0) is 31.4 Å². The molecule has 1 amide bonds. The molecule has 0 aliphatic heterocycles. The maximum atomic E-state index is 12.2. The number of anilines is 1. The molecule has 0 aliphatic carbocycles. The molecule has 0 saturated heterocycles. The summed E-state index contributed by atoms with van der Waals surface area (Å²) in [5.41, 5.74) is 0.382. The van der Waals surface area contributed by atoms with Crippen LogP contribution in [-0.4, -0.2) is 41.1 Å². The second-order valence-electron chi connectivity index (χ2n) is 4.95. The zero-order chi connectivity index (χ0) is 13.7. The summed E-state index contributed by atoms with van der Waals surface area (Å²) in [7, 11) is 3.57. The number of hydrogen-bond acceptors (Lipinski definition) is 4. The highest BCUT2D eigenvalue weighted by atomic mass is 16.2. The summed E-state index contributed by atoms with van der Waals surface area (Å²) in [5.74, 6) is 1.13. The molecular weight excluding hydrogens is 228 g/mol. The van der Waals surface area contributed by atoms with E-state index in [0.717, 1.165) is 6.42 Å². The Morgan fingerprint density at radius 1 is 1.33 bits per heavy atom. The normalized spacial score (nSPS) is 12.3. The van der Waals surface area contributed by atoms with Gasteiger partial charge >= 0.3 is 0 Å². The van der Waals surface area contributed by atoms with E-state index in [1.54, 1.807) is 24.1 Å². The van der Waals surface area contributed by atoms with Crippen LogP contribution in [0.2, 0.25) is 0 Å². The summed E-state index contributed by atoms with van der Waals surface area (Å²) < 4.78 is 0. The molecule has 1 aromatic rings. The van der Waals surface area contributed by atoms with Gasteiger partial charge in [-0.3, -0.25) is 4.79 Å². The number of hydrogen-bond donors (Lipinski definition) is 1. The SMILES string of the molecule is CNc1ccc(C(=O)N(C)C(C)CC(C)C)nn1. The van der Waals surface area contributed by atoms with E-state index in [1.807, 2.05) is 14.0 Å². The van der Waals surface area contributed by atoms with Crippen molar-refractivity contribution in [1.29, 1.82) is 0 Å². The largest absolute Gasteiger partial charge is 0.372 e. The summed E-state index contributed by atoms with van der Waals surface area (Å²) in [6, 6.07) is 3.64. The summed E-state index contributed by atoms with van der Waals surface area (Å²) >= 11 is 0. The van der Waals surface area contributed by atoms with E-state index in [1.165, 1.54) is 0 Å². The smallest absolute Gasteiger partial charge is 0.274 e. The van der Waals surface area contributed by atoms with Gasteiger partial charge in [0.15, 0.2) is 5.69 Å². The second kappa shape index (κ2) is 6.33. The lowest BCUT2D eigenvalue weighted by atomic mass is 10.0. The van der Waals surface area contributed by atoms with Crippen molar-refractivity contribution < 1.29 is 4.79 Å². The molecule has 0 aliphatic rings. The first-order valence-corrected chi connectivity index (χ1v) is 6.24. The molecule has 1 atom stereocenters. The summed E-state index contributed by atoms with van der Waals surface area (Å²) in [4.78, 5) is 13.9. The first-order valence-electron chi connectivity index (χ1n) is 6.24. The summed E-state index contributed by atoms with van der Waals surface area (Å²) in [6.45, 7) is 6.35. The molecule has 0 fully saturated rings. The number of aromatic nitrogens is 2. The lowest BCUT2D eigenvalue weighted by Crippen LogP contribution is -2.36. The Labute approximate surface area is 109 Å². The van der Waals surface area contributed by atoms with Gasteiger partial charge in [0.1, 0.15) is 5.82 Å². The van der Waals surface area contributed by atoms with Crippen molar-refractivity contribution in [1.82, 2.24) is 15.1 Å². The van der Waals surface area contributed by atoms with Crippen molar-refractivity contribution >= 4 is 11.7 Å². The Balaban J connectivity index is 2.73. The molecule has 0 aromatic carbocycles. The van der Waals surface area contributed by atoms with Crippen molar-refractivity contribution in [3.8, 4) is 0 Å². The number of amides is 1. The third-order valence-electron chi connectivity index (χ3n) is 2.93. The van der Waals surface area contributed by atoms with E-state index in [4.69, 9.17) is 0 Å². The van der Waals surface area contributed by atoms with Crippen LogP contribution in [0.5, 0.6) is 0 Å². The van der Waals surface area contributed by atoms with E-state index in [2.05, 4.69) is 29.4 Å². The lowest BCUT2D eigenvalue weighted by Gasteiger charge is -2.25. The topological polar surface area (TPSA) is 58.1 Å². The fourth-order valence-electron chi connectivity index (χ4n) is 1.80. The van der Waals surface area contributed by atoms with E-state index in [0.29, 0.717) is 17.4 Å². The number of carbonyl (C=O) groups excluding carboxylic acids is 1. The van der Waals surface area contributed by atoms with Crippen LogP contribution >= 0.6 is 0 Å². The van der Waals surface area contributed by atoms with Gasteiger partial charge in [0.25, 0.3) is 5.91 Å². The highest BCUT2D eigenvalue weighted by molar-refractivity contribution is 5.92. The maximum Gasteiger partial charge on any atom is 0.274 e. The maximum absolute atomic E-state index is 12.2. The quantitative estimate of drug-likeness (QED) is 0.868. The third kappa shape index (κ3) is 3.68. The van der Waals surface area contributed by atoms with Crippen molar-refractivity contribution in [3.63, 3.8) is 0 Å². The van der Waals surface area contributed by atoms with E-state index >= 15 is 0 Å². The average molecular weight is 250 g/mol. The van der Waals surface area contributed by atoms with Gasteiger partial charge in [-0.2, -0.15) is 0 Å². The second-order valence-corrected chi connectivity index (χ2v) is 4.95. The van der Waals surface area contributed by atoms with Crippen LogP contribution in [0.15, 0.2) is 12.1 Å². The molecule has 1 rings (SSSR count).